The number of ether oxygens (including phenoxy) is 1. The van der Waals surface area contributed by atoms with Gasteiger partial charge in [0.05, 0.1) is 4.92 Å². The SMILES string of the molecule is CCC(N)c1ccc(Oc2cccc([N+](=O)[O-])c2Br)cc1. The lowest BCUT2D eigenvalue weighted by atomic mass is 10.1. The van der Waals surface area contributed by atoms with E-state index in [0.717, 1.165) is 12.0 Å². The van der Waals surface area contributed by atoms with Crippen LogP contribution in [0.5, 0.6) is 11.5 Å². The van der Waals surface area contributed by atoms with E-state index in [-0.39, 0.29) is 11.7 Å². The Kier molecular flexibility index (Phi) is 4.93. The molecule has 21 heavy (non-hydrogen) atoms. The van der Waals surface area contributed by atoms with Gasteiger partial charge in [-0.3, -0.25) is 10.1 Å². The Labute approximate surface area is 131 Å². The fraction of sp³-hybridized carbons (Fsp3) is 0.200. The van der Waals surface area contributed by atoms with Crippen molar-refractivity contribution in [3.63, 3.8) is 0 Å². The molecule has 0 saturated heterocycles. The van der Waals surface area contributed by atoms with E-state index in [1.54, 1.807) is 24.3 Å². The Balaban J connectivity index is 2.22. The van der Waals surface area contributed by atoms with Crippen LogP contribution in [0.25, 0.3) is 0 Å². The molecule has 0 heterocycles. The maximum Gasteiger partial charge on any atom is 0.287 e. The Morgan fingerprint density at radius 1 is 1.29 bits per heavy atom. The normalized spacial score (nSPS) is 12.0. The third-order valence-electron chi connectivity index (χ3n) is 3.12. The van der Waals surface area contributed by atoms with Crippen molar-refractivity contribution in [2.45, 2.75) is 19.4 Å². The van der Waals surface area contributed by atoms with E-state index in [1.807, 2.05) is 19.1 Å². The molecule has 0 fully saturated rings. The molecule has 1 atom stereocenters. The summed E-state index contributed by atoms with van der Waals surface area (Å²) in [5.41, 5.74) is 6.95. The monoisotopic (exact) mass is 350 g/mol. The van der Waals surface area contributed by atoms with Crippen LogP contribution in [0.1, 0.15) is 24.9 Å². The van der Waals surface area contributed by atoms with Gasteiger partial charge in [0.1, 0.15) is 16.0 Å². The lowest BCUT2D eigenvalue weighted by molar-refractivity contribution is -0.385. The minimum Gasteiger partial charge on any atom is -0.456 e. The molecule has 0 radical (unpaired) electrons. The molecule has 0 spiro atoms. The lowest BCUT2D eigenvalue weighted by Gasteiger charge is -2.11. The highest BCUT2D eigenvalue weighted by atomic mass is 79.9. The summed E-state index contributed by atoms with van der Waals surface area (Å²) in [6, 6.07) is 12.1. The van der Waals surface area contributed by atoms with Crippen LogP contribution in [0.3, 0.4) is 0 Å². The van der Waals surface area contributed by atoms with E-state index in [9.17, 15) is 10.1 Å². The number of hydrogen-bond donors (Lipinski definition) is 1. The van der Waals surface area contributed by atoms with Gasteiger partial charge in [-0.15, -0.1) is 0 Å². The highest BCUT2D eigenvalue weighted by Crippen LogP contribution is 2.36. The summed E-state index contributed by atoms with van der Waals surface area (Å²) >= 11 is 3.20. The van der Waals surface area contributed by atoms with Gasteiger partial charge in [-0.1, -0.05) is 25.1 Å². The second kappa shape index (κ2) is 6.69. The van der Waals surface area contributed by atoms with Gasteiger partial charge in [-0.05, 0) is 46.1 Å². The van der Waals surface area contributed by atoms with Crippen molar-refractivity contribution in [2.24, 2.45) is 5.73 Å². The van der Waals surface area contributed by atoms with Gasteiger partial charge in [0, 0.05) is 12.1 Å². The number of benzene rings is 2. The van der Waals surface area contributed by atoms with E-state index in [0.29, 0.717) is 16.0 Å². The maximum atomic E-state index is 10.9. The molecule has 0 aliphatic carbocycles. The molecule has 0 aliphatic heterocycles. The first kappa shape index (κ1) is 15.5. The molecule has 0 amide bonds. The van der Waals surface area contributed by atoms with Crippen molar-refractivity contribution >= 4 is 21.6 Å². The molecule has 2 aromatic rings. The van der Waals surface area contributed by atoms with Gasteiger partial charge >= 0.3 is 0 Å². The first-order valence-corrected chi connectivity index (χ1v) is 7.28. The van der Waals surface area contributed by atoms with Gasteiger partial charge < -0.3 is 10.5 Å². The minimum atomic E-state index is -0.458. The van der Waals surface area contributed by atoms with Gasteiger partial charge in [0.15, 0.2) is 0 Å². The molecule has 0 saturated carbocycles. The van der Waals surface area contributed by atoms with Crippen molar-refractivity contribution in [2.75, 3.05) is 0 Å². The Morgan fingerprint density at radius 2 is 1.95 bits per heavy atom. The molecular weight excluding hydrogens is 336 g/mol. The van der Waals surface area contributed by atoms with Gasteiger partial charge in [-0.25, -0.2) is 0 Å². The lowest BCUT2D eigenvalue weighted by Crippen LogP contribution is -2.08. The molecule has 1 unspecified atom stereocenters. The Morgan fingerprint density at radius 3 is 2.52 bits per heavy atom. The first-order valence-electron chi connectivity index (χ1n) is 6.49. The van der Waals surface area contributed by atoms with Gasteiger partial charge in [0.25, 0.3) is 5.69 Å². The molecule has 5 nitrogen and oxygen atoms in total. The largest absolute Gasteiger partial charge is 0.456 e. The molecule has 6 heteroatoms. The van der Waals surface area contributed by atoms with E-state index in [2.05, 4.69) is 15.9 Å². The number of nitrogens with zero attached hydrogens (tertiary/aromatic N) is 1. The predicted molar refractivity (Wildman–Crippen MR) is 84.5 cm³/mol. The minimum absolute atomic E-state index is 0.00333. The fourth-order valence-electron chi connectivity index (χ4n) is 1.86. The third-order valence-corrected chi connectivity index (χ3v) is 3.91. The molecule has 0 aromatic heterocycles. The van der Waals surface area contributed by atoms with Crippen LogP contribution in [-0.2, 0) is 0 Å². The van der Waals surface area contributed by atoms with Crippen LogP contribution >= 0.6 is 15.9 Å². The van der Waals surface area contributed by atoms with Crippen LogP contribution in [0.15, 0.2) is 46.9 Å². The highest BCUT2D eigenvalue weighted by molar-refractivity contribution is 9.10. The third kappa shape index (κ3) is 3.59. The molecule has 110 valence electrons. The highest BCUT2D eigenvalue weighted by Gasteiger charge is 2.16. The smallest absolute Gasteiger partial charge is 0.287 e. The second-order valence-corrected chi connectivity index (χ2v) is 5.33. The first-order chi connectivity index (χ1) is 10.0. The average molecular weight is 351 g/mol. The van der Waals surface area contributed by atoms with Crippen LogP contribution in [0.2, 0.25) is 0 Å². The molecular formula is C15H15BrN2O3. The van der Waals surface area contributed by atoms with E-state index >= 15 is 0 Å². The summed E-state index contributed by atoms with van der Waals surface area (Å²) in [6.07, 6.45) is 0.858. The molecule has 0 aliphatic rings. The van der Waals surface area contributed by atoms with Gasteiger partial charge in [-0.2, -0.15) is 0 Å². The number of hydrogen-bond acceptors (Lipinski definition) is 4. The van der Waals surface area contributed by atoms with Crippen molar-refractivity contribution in [3.05, 3.63) is 62.6 Å². The summed E-state index contributed by atoms with van der Waals surface area (Å²) < 4.78 is 6.00. The number of nitro groups is 1. The zero-order chi connectivity index (χ0) is 15.4. The summed E-state index contributed by atoms with van der Waals surface area (Å²) in [5, 5.41) is 10.9. The quantitative estimate of drug-likeness (QED) is 0.633. The number of nitrogens with two attached hydrogens (primary N) is 1. The Hall–Kier alpha value is -1.92. The number of nitro benzene ring substituents is 1. The van der Waals surface area contributed by atoms with E-state index in [1.165, 1.54) is 6.07 Å². The Bertz CT molecular complexity index is 644. The second-order valence-electron chi connectivity index (χ2n) is 4.53. The standard InChI is InChI=1S/C15H15BrN2O3/c1-2-12(17)10-6-8-11(9-7-10)21-14-5-3-4-13(15(14)16)18(19)20/h3-9,12H,2,17H2,1H3. The van der Waals surface area contributed by atoms with Gasteiger partial charge in [0.2, 0.25) is 0 Å². The van der Waals surface area contributed by atoms with Crippen molar-refractivity contribution < 1.29 is 9.66 Å². The van der Waals surface area contributed by atoms with Crippen molar-refractivity contribution in [1.29, 1.82) is 0 Å². The molecule has 2 N–H and O–H groups in total. The number of halogens is 1. The van der Waals surface area contributed by atoms with E-state index < -0.39 is 4.92 Å². The zero-order valence-corrected chi connectivity index (χ0v) is 13.0. The summed E-state index contributed by atoms with van der Waals surface area (Å²) in [7, 11) is 0. The molecule has 2 rings (SSSR count). The maximum absolute atomic E-state index is 10.9. The van der Waals surface area contributed by atoms with Crippen LogP contribution in [0, 0.1) is 10.1 Å². The van der Waals surface area contributed by atoms with Crippen LogP contribution in [-0.4, -0.2) is 4.92 Å². The zero-order valence-electron chi connectivity index (χ0n) is 11.5. The number of rotatable bonds is 5. The van der Waals surface area contributed by atoms with Crippen molar-refractivity contribution in [1.82, 2.24) is 0 Å². The average Bonchev–Trinajstić information content (AvgIpc) is 2.49. The van der Waals surface area contributed by atoms with E-state index in [4.69, 9.17) is 10.5 Å². The molecule has 0 bridgehead atoms. The fourth-order valence-corrected chi connectivity index (χ4v) is 2.35. The van der Waals surface area contributed by atoms with Crippen molar-refractivity contribution in [3.8, 4) is 11.5 Å². The summed E-state index contributed by atoms with van der Waals surface area (Å²) in [5.74, 6) is 1.000. The predicted octanol–water partition coefficient (Wildman–Crippen LogP) is 4.56. The molecule has 2 aromatic carbocycles. The topological polar surface area (TPSA) is 78.4 Å². The van der Waals surface area contributed by atoms with Crippen LogP contribution in [0.4, 0.5) is 5.69 Å². The summed E-state index contributed by atoms with van der Waals surface area (Å²) in [4.78, 5) is 10.4. The summed E-state index contributed by atoms with van der Waals surface area (Å²) in [6.45, 7) is 2.02. The van der Waals surface area contributed by atoms with Crippen LogP contribution < -0.4 is 10.5 Å².